The van der Waals surface area contributed by atoms with Gasteiger partial charge in [0, 0.05) is 41.9 Å². The van der Waals surface area contributed by atoms with Crippen LogP contribution in [0.1, 0.15) is 37.0 Å². The highest BCUT2D eigenvalue weighted by Crippen LogP contribution is 2.30. The van der Waals surface area contributed by atoms with Crippen molar-refractivity contribution in [3.63, 3.8) is 0 Å². The molecule has 176 valence electrons. The number of hydrogen-bond acceptors (Lipinski definition) is 5. The zero-order valence-corrected chi connectivity index (χ0v) is 19.4. The van der Waals surface area contributed by atoms with Crippen molar-refractivity contribution in [3.8, 4) is 0 Å². The van der Waals surface area contributed by atoms with Gasteiger partial charge in [0.15, 0.2) is 0 Å². The van der Waals surface area contributed by atoms with Crippen molar-refractivity contribution < 1.29 is 22.8 Å². The summed E-state index contributed by atoms with van der Waals surface area (Å²) in [6.45, 7) is 3.64. The molecular weight excluding hydrogens is 444 g/mol. The molecule has 2 aromatic carbocycles. The number of benzene rings is 2. The number of amides is 3. The summed E-state index contributed by atoms with van der Waals surface area (Å²) in [5, 5.41) is 8.15. The van der Waals surface area contributed by atoms with Gasteiger partial charge in [-0.1, -0.05) is 13.8 Å². The van der Waals surface area contributed by atoms with E-state index in [2.05, 4.69) is 20.7 Å². The van der Waals surface area contributed by atoms with E-state index >= 15 is 0 Å². The summed E-state index contributed by atoms with van der Waals surface area (Å²) < 4.78 is 27.3. The van der Waals surface area contributed by atoms with E-state index in [1.807, 2.05) is 0 Å². The van der Waals surface area contributed by atoms with Crippen LogP contribution in [0.4, 0.5) is 11.4 Å². The monoisotopic (exact) mass is 472 g/mol. The van der Waals surface area contributed by atoms with Crippen molar-refractivity contribution in [1.29, 1.82) is 0 Å². The van der Waals surface area contributed by atoms with Crippen molar-refractivity contribution in [2.75, 3.05) is 23.7 Å². The third kappa shape index (κ3) is 7.13. The molecular formula is C23H28N4O5S. The first kappa shape index (κ1) is 24.4. The van der Waals surface area contributed by atoms with Crippen LogP contribution in [0.3, 0.4) is 0 Å². The highest BCUT2D eigenvalue weighted by molar-refractivity contribution is 7.89. The van der Waals surface area contributed by atoms with Gasteiger partial charge in [-0.25, -0.2) is 13.1 Å². The maximum absolute atomic E-state index is 12.4. The first-order chi connectivity index (χ1) is 15.7. The Morgan fingerprint density at radius 1 is 0.879 bits per heavy atom. The standard InChI is InChI=1S/C23H28N4O5S/c1-15(2)21(28)26-19-9-11-20(12-10-19)33(31,32)25-14-13-24-22(29)16-5-7-18(8-6-16)27-23(30)17-3-4-17/h5-12,15,17,25H,3-4,13-14H2,1-2H3,(H,24,29)(H,26,28)(H,27,30). The van der Waals surface area contributed by atoms with E-state index in [1.165, 1.54) is 24.3 Å². The number of nitrogens with one attached hydrogen (secondary N) is 4. The van der Waals surface area contributed by atoms with Gasteiger partial charge < -0.3 is 16.0 Å². The predicted molar refractivity (Wildman–Crippen MR) is 125 cm³/mol. The van der Waals surface area contributed by atoms with E-state index < -0.39 is 10.0 Å². The molecule has 0 heterocycles. The highest BCUT2D eigenvalue weighted by Gasteiger charge is 2.29. The number of anilines is 2. The van der Waals surface area contributed by atoms with Crippen LogP contribution in [0.5, 0.6) is 0 Å². The molecule has 3 amide bonds. The van der Waals surface area contributed by atoms with Gasteiger partial charge in [0.2, 0.25) is 21.8 Å². The van der Waals surface area contributed by atoms with Crippen molar-refractivity contribution >= 4 is 39.1 Å². The molecule has 0 aromatic heterocycles. The Morgan fingerprint density at radius 2 is 1.45 bits per heavy atom. The summed E-state index contributed by atoms with van der Waals surface area (Å²) in [5.74, 6) is -0.595. The maximum Gasteiger partial charge on any atom is 0.251 e. The molecule has 2 aromatic rings. The second-order valence-electron chi connectivity index (χ2n) is 8.16. The molecule has 9 nitrogen and oxygen atoms in total. The van der Waals surface area contributed by atoms with Crippen LogP contribution in [0.25, 0.3) is 0 Å². The molecule has 0 aliphatic heterocycles. The molecule has 4 N–H and O–H groups in total. The molecule has 0 bridgehead atoms. The normalized spacial score (nSPS) is 13.4. The molecule has 0 saturated heterocycles. The summed E-state index contributed by atoms with van der Waals surface area (Å²) in [4.78, 5) is 35.8. The lowest BCUT2D eigenvalue weighted by atomic mass is 10.2. The van der Waals surface area contributed by atoms with Crippen molar-refractivity contribution in [2.45, 2.75) is 31.6 Å². The topological polar surface area (TPSA) is 133 Å². The summed E-state index contributed by atoms with van der Waals surface area (Å²) in [6.07, 6.45) is 1.83. The molecule has 1 aliphatic carbocycles. The van der Waals surface area contributed by atoms with Gasteiger partial charge in [-0.3, -0.25) is 14.4 Å². The van der Waals surface area contributed by atoms with Crippen LogP contribution in [0.2, 0.25) is 0 Å². The molecule has 3 rings (SSSR count). The highest BCUT2D eigenvalue weighted by atomic mass is 32.2. The van der Waals surface area contributed by atoms with Crippen LogP contribution < -0.4 is 20.7 Å². The SMILES string of the molecule is CC(C)C(=O)Nc1ccc(S(=O)(=O)NCCNC(=O)c2ccc(NC(=O)C3CC3)cc2)cc1. The zero-order valence-electron chi connectivity index (χ0n) is 18.6. The third-order valence-electron chi connectivity index (χ3n) is 5.02. The Bertz CT molecular complexity index is 1110. The maximum atomic E-state index is 12.4. The molecule has 1 aliphatic rings. The van der Waals surface area contributed by atoms with Gasteiger partial charge in [0.05, 0.1) is 4.90 Å². The zero-order chi connectivity index (χ0) is 24.0. The van der Waals surface area contributed by atoms with Gasteiger partial charge in [-0.05, 0) is 61.4 Å². The molecule has 0 spiro atoms. The smallest absolute Gasteiger partial charge is 0.251 e. The first-order valence-corrected chi connectivity index (χ1v) is 12.2. The minimum absolute atomic E-state index is 0.00515. The Morgan fingerprint density at radius 3 is 2.03 bits per heavy atom. The second kappa shape index (κ2) is 10.6. The lowest BCUT2D eigenvalue weighted by Crippen LogP contribution is -2.34. The molecule has 0 radical (unpaired) electrons. The summed E-state index contributed by atoms with van der Waals surface area (Å²) in [7, 11) is -3.76. The molecule has 0 unspecified atom stereocenters. The van der Waals surface area contributed by atoms with Gasteiger partial charge in [0.1, 0.15) is 0 Å². The lowest BCUT2D eigenvalue weighted by molar-refractivity contribution is -0.119. The summed E-state index contributed by atoms with van der Waals surface area (Å²) >= 11 is 0. The van der Waals surface area contributed by atoms with Crippen LogP contribution in [0, 0.1) is 11.8 Å². The number of hydrogen-bond donors (Lipinski definition) is 4. The Kier molecular flexibility index (Phi) is 7.83. The van der Waals surface area contributed by atoms with Gasteiger partial charge in [0.25, 0.3) is 5.91 Å². The summed E-state index contributed by atoms with van der Waals surface area (Å²) in [6, 6.07) is 12.4. The lowest BCUT2D eigenvalue weighted by Gasteiger charge is -2.10. The van der Waals surface area contributed by atoms with Crippen LogP contribution in [-0.2, 0) is 19.6 Å². The van der Waals surface area contributed by atoms with Crippen LogP contribution >= 0.6 is 0 Å². The van der Waals surface area contributed by atoms with Crippen molar-refractivity contribution in [1.82, 2.24) is 10.0 Å². The predicted octanol–water partition coefficient (Wildman–Crippen LogP) is 2.34. The van der Waals surface area contributed by atoms with E-state index in [0.29, 0.717) is 16.9 Å². The van der Waals surface area contributed by atoms with Gasteiger partial charge in [-0.15, -0.1) is 0 Å². The van der Waals surface area contributed by atoms with Gasteiger partial charge >= 0.3 is 0 Å². The largest absolute Gasteiger partial charge is 0.351 e. The fourth-order valence-electron chi connectivity index (χ4n) is 2.85. The first-order valence-electron chi connectivity index (χ1n) is 10.8. The van der Waals surface area contributed by atoms with E-state index in [4.69, 9.17) is 0 Å². The molecule has 10 heteroatoms. The Balaban J connectivity index is 1.44. The fourth-order valence-corrected chi connectivity index (χ4v) is 3.88. The number of rotatable bonds is 10. The summed E-state index contributed by atoms with van der Waals surface area (Å²) in [5.41, 5.74) is 1.55. The molecule has 1 fully saturated rings. The van der Waals surface area contributed by atoms with E-state index in [-0.39, 0.29) is 47.5 Å². The molecule has 0 atom stereocenters. The quantitative estimate of drug-likeness (QED) is 0.394. The van der Waals surface area contributed by atoms with Crippen LogP contribution in [-0.4, -0.2) is 39.2 Å². The average Bonchev–Trinajstić information content (AvgIpc) is 3.63. The van der Waals surface area contributed by atoms with E-state index in [0.717, 1.165) is 12.8 Å². The number of sulfonamides is 1. The average molecular weight is 473 g/mol. The number of carbonyl (C=O) groups excluding carboxylic acids is 3. The van der Waals surface area contributed by atoms with Crippen LogP contribution in [0.15, 0.2) is 53.4 Å². The van der Waals surface area contributed by atoms with Crippen molar-refractivity contribution in [3.05, 3.63) is 54.1 Å². The van der Waals surface area contributed by atoms with Crippen molar-refractivity contribution in [2.24, 2.45) is 11.8 Å². The van der Waals surface area contributed by atoms with E-state index in [1.54, 1.807) is 38.1 Å². The fraction of sp³-hybridized carbons (Fsp3) is 0.348. The second-order valence-corrected chi connectivity index (χ2v) is 9.93. The van der Waals surface area contributed by atoms with E-state index in [9.17, 15) is 22.8 Å². The minimum atomic E-state index is -3.76. The minimum Gasteiger partial charge on any atom is -0.351 e. The molecule has 1 saturated carbocycles. The third-order valence-corrected chi connectivity index (χ3v) is 6.50. The molecule has 33 heavy (non-hydrogen) atoms. The Hall–Kier alpha value is -3.24. The Labute approximate surface area is 193 Å². The number of carbonyl (C=O) groups is 3. The van der Waals surface area contributed by atoms with Gasteiger partial charge in [-0.2, -0.15) is 0 Å².